The first kappa shape index (κ1) is 13.4. The summed E-state index contributed by atoms with van der Waals surface area (Å²) < 4.78 is 12.1. The van der Waals surface area contributed by atoms with Gasteiger partial charge in [0.1, 0.15) is 11.9 Å². The fourth-order valence-electron chi connectivity index (χ4n) is 2.38. The molecule has 4 nitrogen and oxygen atoms in total. The molecule has 1 aliphatic rings. The van der Waals surface area contributed by atoms with Crippen LogP contribution >= 0.6 is 15.9 Å². The monoisotopic (exact) mass is 334 g/mol. The third-order valence-corrected chi connectivity index (χ3v) is 3.95. The predicted octanol–water partition coefficient (Wildman–Crippen LogP) is 3.38. The largest absolute Gasteiger partial charge is 0.485 e. The molecule has 0 saturated carbocycles. The number of benzene rings is 1. The average molecular weight is 335 g/mol. The molecule has 1 aliphatic heterocycles. The van der Waals surface area contributed by atoms with E-state index in [4.69, 9.17) is 15.2 Å². The highest BCUT2D eigenvalue weighted by molar-refractivity contribution is 9.10. The van der Waals surface area contributed by atoms with Gasteiger partial charge in [0.05, 0.1) is 7.11 Å². The van der Waals surface area contributed by atoms with Gasteiger partial charge in [-0.3, -0.25) is 0 Å². The maximum atomic E-state index is 6.24. The number of ether oxygens (including phenoxy) is 2. The van der Waals surface area contributed by atoms with E-state index in [1.165, 1.54) is 0 Å². The summed E-state index contributed by atoms with van der Waals surface area (Å²) in [4.78, 5) is 4.22. The fourth-order valence-corrected chi connectivity index (χ4v) is 2.72. The van der Waals surface area contributed by atoms with Crippen LogP contribution in [0.1, 0.15) is 29.7 Å². The Morgan fingerprint density at radius 1 is 1.35 bits per heavy atom. The standard InChI is InChI=1S/C15H15BrN2O2/c1-19-15-5-2-9(8-18-15)13-7-12(17)11-4-3-10(16)6-14(11)20-13/h2-6,8,12-13H,7,17H2,1H3/t12-,13?/m1/s1. The van der Waals surface area contributed by atoms with Crippen molar-refractivity contribution in [1.82, 2.24) is 4.98 Å². The second-order valence-electron chi connectivity index (χ2n) is 4.76. The highest BCUT2D eigenvalue weighted by Gasteiger charge is 2.27. The van der Waals surface area contributed by atoms with Gasteiger partial charge in [-0.2, -0.15) is 0 Å². The summed E-state index contributed by atoms with van der Waals surface area (Å²) in [5.74, 6) is 1.43. The quantitative estimate of drug-likeness (QED) is 0.914. The first-order valence-corrected chi connectivity index (χ1v) is 7.18. The highest BCUT2D eigenvalue weighted by atomic mass is 79.9. The zero-order chi connectivity index (χ0) is 14.1. The number of halogens is 1. The van der Waals surface area contributed by atoms with E-state index in [1.54, 1.807) is 13.3 Å². The second kappa shape index (κ2) is 5.42. The number of pyridine rings is 1. The van der Waals surface area contributed by atoms with Crippen molar-refractivity contribution in [1.29, 1.82) is 0 Å². The van der Waals surface area contributed by atoms with Crippen LogP contribution in [-0.4, -0.2) is 12.1 Å². The molecule has 5 heteroatoms. The smallest absolute Gasteiger partial charge is 0.212 e. The Balaban J connectivity index is 1.89. The zero-order valence-corrected chi connectivity index (χ0v) is 12.6. The van der Waals surface area contributed by atoms with E-state index in [-0.39, 0.29) is 12.1 Å². The number of nitrogens with zero attached hydrogens (tertiary/aromatic N) is 1. The van der Waals surface area contributed by atoms with Crippen molar-refractivity contribution in [2.45, 2.75) is 18.6 Å². The molecule has 0 saturated heterocycles. The topological polar surface area (TPSA) is 57.4 Å². The Bertz CT molecular complexity index is 616. The van der Waals surface area contributed by atoms with E-state index in [9.17, 15) is 0 Å². The van der Waals surface area contributed by atoms with Gasteiger partial charge in [-0.15, -0.1) is 0 Å². The number of hydrogen-bond acceptors (Lipinski definition) is 4. The van der Waals surface area contributed by atoms with Crippen molar-refractivity contribution in [3.05, 3.63) is 52.1 Å². The summed E-state index contributed by atoms with van der Waals surface area (Å²) in [6.07, 6.45) is 2.44. The Labute approximate surface area is 126 Å². The van der Waals surface area contributed by atoms with Gasteiger partial charge in [0.2, 0.25) is 5.88 Å². The second-order valence-corrected chi connectivity index (χ2v) is 5.68. The minimum absolute atomic E-state index is 0.0287. The molecule has 0 bridgehead atoms. The maximum Gasteiger partial charge on any atom is 0.212 e. The number of aromatic nitrogens is 1. The Morgan fingerprint density at radius 2 is 2.20 bits per heavy atom. The molecule has 20 heavy (non-hydrogen) atoms. The van der Waals surface area contributed by atoms with Gasteiger partial charge in [0.25, 0.3) is 0 Å². The molecule has 1 unspecified atom stereocenters. The van der Waals surface area contributed by atoms with Crippen LogP contribution in [0.25, 0.3) is 0 Å². The van der Waals surface area contributed by atoms with Crippen LogP contribution in [0.2, 0.25) is 0 Å². The van der Waals surface area contributed by atoms with Crippen LogP contribution in [0.15, 0.2) is 41.0 Å². The molecule has 2 heterocycles. The lowest BCUT2D eigenvalue weighted by Crippen LogP contribution is -2.24. The van der Waals surface area contributed by atoms with Crippen LogP contribution in [0, 0.1) is 0 Å². The van der Waals surface area contributed by atoms with E-state index >= 15 is 0 Å². The first-order chi connectivity index (χ1) is 9.67. The molecule has 2 atom stereocenters. The van der Waals surface area contributed by atoms with E-state index in [1.807, 2.05) is 30.3 Å². The Morgan fingerprint density at radius 3 is 2.90 bits per heavy atom. The van der Waals surface area contributed by atoms with Crippen molar-refractivity contribution < 1.29 is 9.47 Å². The van der Waals surface area contributed by atoms with Gasteiger partial charge in [0, 0.05) is 40.3 Å². The van der Waals surface area contributed by atoms with Crippen molar-refractivity contribution in [2.75, 3.05) is 7.11 Å². The number of rotatable bonds is 2. The third kappa shape index (κ3) is 2.51. The molecule has 1 aromatic heterocycles. The molecule has 0 aliphatic carbocycles. The van der Waals surface area contributed by atoms with Crippen LogP contribution in [0.5, 0.6) is 11.6 Å². The minimum Gasteiger partial charge on any atom is -0.485 e. The molecule has 0 radical (unpaired) electrons. The number of nitrogens with two attached hydrogens (primary N) is 1. The Kier molecular flexibility index (Phi) is 3.63. The van der Waals surface area contributed by atoms with Gasteiger partial charge in [-0.05, 0) is 18.2 Å². The number of fused-ring (bicyclic) bond motifs is 1. The summed E-state index contributed by atoms with van der Waals surface area (Å²) in [6.45, 7) is 0. The number of hydrogen-bond donors (Lipinski definition) is 1. The maximum absolute atomic E-state index is 6.24. The fraction of sp³-hybridized carbons (Fsp3) is 0.267. The van der Waals surface area contributed by atoms with Crippen molar-refractivity contribution in [3.63, 3.8) is 0 Å². The predicted molar refractivity (Wildman–Crippen MR) is 79.8 cm³/mol. The summed E-state index contributed by atoms with van der Waals surface area (Å²) in [7, 11) is 1.60. The van der Waals surface area contributed by atoms with E-state index in [0.29, 0.717) is 5.88 Å². The van der Waals surface area contributed by atoms with Gasteiger partial charge < -0.3 is 15.2 Å². The van der Waals surface area contributed by atoms with Gasteiger partial charge in [-0.25, -0.2) is 4.98 Å². The molecule has 1 aromatic carbocycles. The van der Waals surface area contributed by atoms with Crippen LogP contribution in [0.4, 0.5) is 0 Å². The van der Waals surface area contributed by atoms with E-state index < -0.39 is 0 Å². The highest BCUT2D eigenvalue weighted by Crippen LogP contribution is 2.40. The van der Waals surface area contributed by atoms with E-state index in [0.717, 1.165) is 27.8 Å². The Hall–Kier alpha value is -1.59. The number of methoxy groups -OCH3 is 1. The molecule has 2 aromatic rings. The lowest BCUT2D eigenvalue weighted by molar-refractivity contribution is 0.161. The normalized spacial score (nSPS) is 20.9. The minimum atomic E-state index is -0.0785. The summed E-state index contributed by atoms with van der Waals surface area (Å²) >= 11 is 3.46. The van der Waals surface area contributed by atoms with Crippen molar-refractivity contribution in [3.8, 4) is 11.6 Å². The van der Waals surface area contributed by atoms with Gasteiger partial charge in [0.15, 0.2) is 0 Å². The summed E-state index contributed by atoms with van der Waals surface area (Å²) in [5, 5.41) is 0. The molecule has 3 rings (SSSR count). The average Bonchev–Trinajstić information content (AvgIpc) is 2.46. The van der Waals surface area contributed by atoms with Gasteiger partial charge in [-0.1, -0.05) is 22.0 Å². The third-order valence-electron chi connectivity index (χ3n) is 3.45. The van der Waals surface area contributed by atoms with Crippen LogP contribution in [-0.2, 0) is 0 Å². The molecule has 0 amide bonds. The van der Waals surface area contributed by atoms with Crippen LogP contribution in [0.3, 0.4) is 0 Å². The van der Waals surface area contributed by atoms with Crippen molar-refractivity contribution in [2.24, 2.45) is 5.73 Å². The first-order valence-electron chi connectivity index (χ1n) is 6.39. The molecule has 2 N–H and O–H groups in total. The SMILES string of the molecule is COc1ccc(C2C[C@@H](N)c3ccc(Br)cc3O2)cn1. The molecule has 0 fully saturated rings. The lowest BCUT2D eigenvalue weighted by Gasteiger charge is -2.30. The van der Waals surface area contributed by atoms with Crippen LogP contribution < -0.4 is 15.2 Å². The van der Waals surface area contributed by atoms with E-state index in [2.05, 4.69) is 20.9 Å². The molecule has 0 spiro atoms. The molecular formula is C15H15BrN2O2. The molecule has 104 valence electrons. The zero-order valence-electron chi connectivity index (χ0n) is 11.0. The van der Waals surface area contributed by atoms with Gasteiger partial charge >= 0.3 is 0 Å². The lowest BCUT2D eigenvalue weighted by atomic mass is 9.94. The molecular weight excluding hydrogens is 320 g/mol. The van der Waals surface area contributed by atoms with Crippen molar-refractivity contribution >= 4 is 15.9 Å². The summed E-state index contributed by atoms with van der Waals surface area (Å²) in [5.41, 5.74) is 8.29. The summed E-state index contributed by atoms with van der Waals surface area (Å²) in [6, 6.07) is 9.72.